The van der Waals surface area contributed by atoms with E-state index in [4.69, 9.17) is 17.3 Å². The van der Waals surface area contributed by atoms with Crippen molar-refractivity contribution >= 4 is 22.5 Å². The van der Waals surface area contributed by atoms with Crippen LogP contribution in [0.1, 0.15) is 31.1 Å². The van der Waals surface area contributed by atoms with Gasteiger partial charge in [0.25, 0.3) is 0 Å². The van der Waals surface area contributed by atoms with Gasteiger partial charge in [-0.2, -0.15) is 0 Å². The molecule has 1 aromatic carbocycles. The lowest BCUT2D eigenvalue weighted by Gasteiger charge is -2.16. The highest BCUT2D eigenvalue weighted by Gasteiger charge is 2.18. The third-order valence-corrected chi connectivity index (χ3v) is 3.28. The minimum Gasteiger partial charge on any atom is -0.358 e. The van der Waals surface area contributed by atoms with Crippen LogP contribution >= 0.6 is 11.6 Å². The Labute approximate surface area is 101 Å². The second kappa shape index (κ2) is 4.11. The molecule has 0 aliphatic heterocycles. The fourth-order valence-electron chi connectivity index (χ4n) is 2.08. The van der Waals surface area contributed by atoms with Crippen molar-refractivity contribution in [3.05, 3.63) is 34.5 Å². The zero-order chi connectivity index (χ0) is 11.9. The lowest BCUT2D eigenvalue weighted by atomic mass is 9.95. The summed E-state index contributed by atoms with van der Waals surface area (Å²) < 4.78 is 0. The summed E-state index contributed by atoms with van der Waals surface area (Å²) in [5.74, 6) is 0.414. The number of aromatic nitrogens is 1. The minimum absolute atomic E-state index is 0.0483. The summed E-state index contributed by atoms with van der Waals surface area (Å²) in [6.07, 6.45) is 0. The molecule has 0 bridgehead atoms. The standard InChI is InChI=1S/C13H17ClN2/c1-7(2)13(15)12-8(3)16-11-5-4-9(14)6-10(11)12/h4-7,13,16H,15H2,1-3H3. The van der Waals surface area contributed by atoms with Gasteiger partial charge >= 0.3 is 0 Å². The Hall–Kier alpha value is -0.990. The van der Waals surface area contributed by atoms with E-state index in [2.05, 4.69) is 25.8 Å². The first-order valence-corrected chi connectivity index (χ1v) is 5.92. The average molecular weight is 237 g/mol. The quantitative estimate of drug-likeness (QED) is 0.819. The number of rotatable bonds is 2. The Balaban J connectivity index is 2.67. The number of hydrogen-bond donors (Lipinski definition) is 2. The number of aromatic amines is 1. The van der Waals surface area contributed by atoms with Crippen LogP contribution in [0.5, 0.6) is 0 Å². The number of benzene rings is 1. The van der Waals surface area contributed by atoms with Crippen LogP contribution in [-0.4, -0.2) is 4.98 Å². The highest BCUT2D eigenvalue weighted by Crippen LogP contribution is 2.31. The van der Waals surface area contributed by atoms with Crippen LogP contribution in [0.25, 0.3) is 10.9 Å². The molecule has 0 saturated heterocycles. The lowest BCUT2D eigenvalue weighted by Crippen LogP contribution is -2.17. The summed E-state index contributed by atoms with van der Waals surface area (Å²) in [5, 5.41) is 1.90. The van der Waals surface area contributed by atoms with E-state index in [1.165, 1.54) is 5.56 Å². The molecule has 2 aromatic rings. The van der Waals surface area contributed by atoms with Crippen LogP contribution in [0, 0.1) is 12.8 Å². The van der Waals surface area contributed by atoms with E-state index in [1.54, 1.807) is 0 Å². The van der Waals surface area contributed by atoms with Gasteiger partial charge in [0.05, 0.1) is 0 Å². The van der Waals surface area contributed by atoms with E-state index >= 15 is 0 Å². The molecule has 0 saturated carbocycles. The van der Waals surface area contributed by atoms with E-state index in [9.17, 15) is 0 Å². The highest BCUT2D eigenvalue weighted by molar-refractivity contribution is 6.31. The van der Waals surface area contributed by atoms with Crippen molar-refractivity contribution in [2.24, 2.45) is 11.7 Å². The maximum Gasteiger partial charge on any atom is 0.0460 e. The predicted octanol–water partition coefficient (Wildman–Crippen LogP) is 3.79. The maximum absolute atomic E-state index is 6.24. The number of halogens is 1. The summed E-state index contributed by atoms with van der Waals surface area (Å²) in [4.78, 5) is 3.35. The fourth-order valence-corrected chi connectivity index (χ4v) is 2.25. The van der Waals surface area contributed by atoms with Gasteiger partial charge in [0.15, 0.2) is 0 Å². The first kappa shape index (κ1) is 11.5. The molecule has 1 unspecified atom stereocenters. The molecule has 3 N–H and O–H groups in total. The molecule has 0 aliphatic carbocycles. The lowest BCUT2D eigenvalue weighted by molar-refractivity contribution is 0.515. The van der Waals surface area contributed by atoms with Gasteiger partial charge in [-0.25, -0.2) is 0 Å². The van der Waals surface area contributed by atoms with Gasteiger partial charge in [-0.05, 0) is 36.6 Å². The summed E-state index contributed by atoms with van der Waals surface area (Å²) in [6, 6.07) is 5.93. The van der Waals surface area contributed by atoms with Crippen LogP contribution < -0.4 is 5.73 Å². The number of hydrogen-bond acceptors (Lipinski definition) is 1. The highest BCUT2D eigenvalue weighted by atomic mass is 35.5. The number of fused-ring (bicyclic) bond motifs is 1. The second-order valence-corrected chi connectivity index (χ2v) is 5.06. The van der Waals surface area contributed by atoms with Crippen LogP contribution in [0.4, 0.5) is 0 Å². The largest absolute Gasteiger partial charge is 0.358 e. The Kier molecular flexibility index (Phi) is 2.96. The third kappa shape index (κ3) is 1.83. The van der Waals surface area contributed by atoms with E-state index in [0.29, 0.717) is 5.92 Å². The smallest absolute Gasteiger partial charge is 0.0460 e. The summed E-state index contributed by atoms with van der Waals surface area (Å²) in [5.41, 5.74) is 9.67. The Morgan fingerprint density at radius 2 is 2.00 bits per heavy atom. The van der Waals surface area contributed by atoms with Gasteiger partial charge in [-0.1, -0.05) is 25.4 Å². The first-order valence-electron chi connectivity index (χ1n) is 5.54. The van der Waals surface area contributed by atoms with Gasteiger partial charge in [0.1, 0.15) is 0 Å². The van der Waals surface area contributed by atoms with Crippen molar-refractivity contribution in [3.63, 3.8) is 0 Å². The normalized spacial score (nSPS) is 13.6. The Bertz CT molecular complexity index is 514. The predicted molar refractivity (Wildman–Crippen MR) is 69.8 cm³/mol. The zero-order valence-electron chi connectivity index (χ0n) is 9.84. The molecule has 1 heterocycles. The molecule has 0 fully saturated rings. The van der Waals surface area contributed by atoms with E-state index in [-0.39, 0.29) is 6.04 Å². The molecular formula is C13H17ClN2. The van der Waals surface area contributed by atoms with Crippen molar-refractivity contribution < 1.29 is 0 Å². The zero-order valence-corrected chi connectivity index (χ0v) is 10.6. The van der Waals surface area contributed by atoms with Crippen molar-refractivity contribution in [1.82, 2.24) is 4.98 Å². The second-order valence-electron chi connectivity index (χ2n) is 4.62. The number of nitrogens with two attached hydrogens (primary N) is 1. The first-order chi connectivity index (χ1) is 7.50. The van der Waals surface area contributed by atoms with Crippen LogP contribution in [0.3, 0.4) is 0 Å². The molecule has 1 atom stereocenters. The fraction of sp³-hybridized carbons (Fsp3) is 0.385. The van der Waals surface area contributed by atoms with Crippen LogP contribution in [0.2, 0.25) is 5.02 Å². The molecular weight excluding hydrogens is 220 g/mol. The van der Waals surface area contributed by atoms with Crippen molar-refractivity contribution in [2.45, 2.75) is 26.8 Å². The topological polar surface area (TPSA) is 41.8 Å². The van der Waals surface area contributed by atoms with Gasteiger partial charge < -0.3 is 10.7 Å². The Morgan fingerprint density at radius 3 is 2.62 bits per heavy atom. The molecule has 0 radical (unpaired) electrons. The van der Waals surface area contributed by atoms with E-state index in [1.807, 2.05) is 18.2 Å². The van der Waals surface area contributed by atoms with Gasteiger partial charge in [-0.3, -0.25) is 0 Å². The number of nitrogens with one attached hydrogen (secondary N) is 1. The molecule has 86 valence electrons. The Morgan fingerprint density at radius 1 is 1.31 bits per heavy atom. The molecule has 2 nitrogen and oxygen atoms in total. The average Bonchev–Trinajstić information content (AvgIpc) is 2.52. The molecule has 0 spiro atoms. The molecule has 3 heteroatoms. The van der Waals surface area contributed by atoms with Crippen molar-refractivity contribution in [1.29, 1.82) is 0 Å². The van der Waals surface area contributed by atoms with Crippen LogP contribution in [-0.2, 0) is 0 Å². The van der Waals surface area contributed by atoms with Gasteiger partial charge in [0, 0.05) is 27.7 Å². The van der Waals surface area contributed by atoms with Gasteiger partial charge in [0.2, 0.25) is 0 Å². The third-order valence-electron chi connectivity index (χ3n) is 3.05. The van der Waals surface area contributed by atoms with E-state index in [0.717, 1.165) is 21.6 Å². The monoisotopic (exact) mass is 236 g/mol. The molecule has 0 aliphatic rings. The number of H-pyrrole nitrogens is 1. The summed E-state index contributed by atoms with van der Waals surface area (Å²) >= 11 is 6.03. The minimum atomic E-state index is 0.0483. The summed E-state index contributed by atoms with van der Waals surface area (Å²) in [7, 11) is 0. The van der Waals surface area contributed by atoms with Gasteiger partial charge in [-0.15, -0.1) is 0 Å². The SMILES string of the molecule is Cc1[nH]c2ccc(Cl)cc2c1C(N)C(C)C. The molecule has 1 aromatic heterocycles. The van der Waals surface area contributed by atoms with Crippen molar-refractivity contribution in [2.75, 3.05) is 0 Å². The van der Waals surface area contributed by atoms with Crippen LogP contribution in [0.15, 0.2) is 18.2 Å². The molecule has 2 rings (SSSR count). The number of aryl methyl sites for hydroxylation is 1. The maximum atomic E-state index is 6.24. The molecule has 16 heavy (non-hydrogen) atoms. The van der Waals surface area contributed by atoms with Crippen molar-refractivity contribution in [3.8, 4) is 0 Å². The summed E-state index contributed by atoms with van der Waals surface area (Å²) in [6.45, 7) is 6.33. The molecule has 0 amide bonds. The van der Waals surface area contributed by atoms with E-state index < -0.39 is 0 Å².